The van der Waals surface area contributed by atoms with Crippen molar-refractivity contribution in [3.8, 4) is 0 Å². The van der Waals surface area contributed by atoms with E-state index in [1.165, 1.54) is 4.90 Å². The molecular weight excluding hydrogens is 314 g/mol. The Balaban J connectivity index is 4.48. The predicted molar refractivity (Wildman–Crippen MR) is 90.7 cm³/mol. The van der Waals surface area contributed by atoms with Gasteiger partial charge in [0.1, 0.15) is 0 Å². The highest BCUT2D eigenvalue weighted by Gasteiger charge is 2.20. The van der Waals surface area contributed by atoms with Crippen LogP contribution in [0.15, 0.2) is 0 Å². The molecule has 2 atom stereocenters. The number of rotatable bonds is 14. The SMILES string of the molecule is CCC[C@@H](CC)OCC(O)CN(CC(=O)OCC)CC(=O)OCC. The molecule has 0 amide bonds. The number of carbonyl (C=O) groups is 2. The zero-order valence-electron chi connectivity index (χ0n) is 15.5. The molecule has 0 aromatic rings. The number of aliphatic hydroxyl groups is 1. The van der Waals surface area contributed by atoms with Crippen LogP contribution < -0.4 is 0 Å². The zero-order chi connectivity index (χ0) is 18.4. The fourth-order valence-corrected chi connectivity index (χ4v) is 2.29. The van der Waals surface area contributed by atoms with Crippen LogP contribution in [-0.4, -0.2) is 73.6 Å². The van der Waals surface area contributed by atoms with E-state index in [9.17, 15) is 14.7 Å². The minimum absolute atomic E-state index is 0.0735. The molecule has 0 radical (unpaired) electrons. The van der Waals surface area contributed by atoms with Crippen molar-refractivity contribution in [1.29, 1.82) is 0 Å². The fourth-order valence-electron chi connectivity index (χ4n) is 2.29. The van der Waals surface area contributed by atoms with Gasteiger partial charge in [-0.2, -0.15) is 0 Å². The Hall–Kier alpha value is -1.18. The van der Waals surface area contributed by atoms with Crippen LogP contribution in [0.3, 0.4) is 0 Å². The molecule has 1 N–H and O–H groups in total. The highest BCUT2D eigenvalue weighted by atomic mass is 16.5. The van der Waals surface area contributed by atoms with Crippen LogP contribution in [0.2, 0.25) is 0 Å². The molecular formula is C17H33NO6. The largest absolute Gasteiger partial charge is 0.465 e. The summed E-state index contributed by atoms with van der Waals surface area (Å²) < 4.78 is 15.5. The molecule has 1 unspecified atom stereocenters. The summed E-state index contributed by atoms with van der Waals surface area (Å²) in [5.74, 6) is -0.875. The molecule has 0 aliphatic carbocycles. The number of hydrogen-bond acceptors (Lipinski definition) is 7. The van der Waals surface area contributed by atoms with Crippen molar-refractivity contribution in [2.24, 2.45) is 0 Å². The lowest BCUT2D eigenvalue weighted by atomic mass is 10.1. The van der Waals surface area contributed by atoms with Crippen molar-refractivity contribution in [2.75, 3.05) is 39.5 Å². The molecule has 0 heterocycles. The van der Waals surface area contributed by atoms with Gasteiger partial charge in [-0.1, -0.05) is 20.3 Å². The summed E-state index contributed by atoms with van der Waals surface area (Å²) >= 11 is 0. The predicted octanol–water partition coefficient (Wildman–Crippen LogP) is 1.37. The van der Waals surface area contributed by atoms with Crippen LogP contribution >= 0.6 is 0 Å². The first kappa shape index (κ1) is 22.8. The number of esters is 2. The van der Waals surface area contributed by atoms with Crippen LogP contribution in [0.1, 0.15) is 47.0 Å². The highest BCUT2D eigenvalue weighted by molar-refractivity contribution is 5.75. The van der Waals surface area contributed by atoms with Gasteiger partial charge >= 0.3 is 11.9 Å². The quantitative estimate of drug-likeness (QED) is 0.475. The Morgan fingerprint density at radius 1 is 1.00 bits per heavy atom. The van der Waals surface area contributed by atoms with Crippen LogP contribution in [0.4, 0.5) is 0 Å². The number of ether oxygens (including phenoxy) is 3. The van der Waals surface area contributed by atoms with Gasteiger partial charge in [0.15, 0.2) is 0 Å². The van der Waals surface area contributed by atoms with Crippen molar-refractivity contribution in [3.05, 3.63) is 0 Å². The van der Waals surface area contributed by atoms with E-state index in [1.807, 2.05) is 6.92 Å². The van der Waals surface area contributed by atoms with Crippen molar-refractivity contribution in [1.82, 2.24) is 4.90 Å². The number of nitrogens with zero attached hydrogens (tertiary/aromatic N) is 1. The van der Waals surface area contributed by atoms with Gasteiger partial charge in [-0.05, 0) is 26.7 Å². The van der Waals surface area contributed by atoms with E-state index >= 15 is 0 Å². The monoisotopic (exact) mass is 347 g/mol. The summed E-state index contributed by atoms with van der Waals surface area (Å²) in [4.78, 5) is 24.8. The second-order valence-electron chi connectivity index (χ2n) is 5.59. The Kier molecular flexibility index (Phi) is 13.5. The summed E-state index contributed by atoms with van der Waals surface area (Å²) in [6, 6.07) is 0. The number of carbonyl (C=O) groups excluding carboxylic acids is 2. The summed E-state index contributed by atoms with van der Waals surface area (Å²) in [5.41, 5.74) is 0. The summed E-state index contributed by atoms with van der Waals surface area (Å²) in [7, 11) is 0. The molecule has 7 nitrogen and oxygen atoms in total. The topological polar surface area (TPSA) is 85.3 Å². The van der Waals surface area contributed by atoms with Crippen molar-refractivity contribution >= 4 is 11.9 Å². The van der Waals surface area contributed by atoms with Gasteiger partial charge < -0.3 is 19.3 Å². The Bertz CT molecular complexity index is 330. The smallest absolute Gasteiger partial charge is 0.320 e. The molecule has 142 valence electrons. The lowest BCUT2D eigenvalue weighted by Gasteiger charge is -2.24. The van der Waals surface area contributed by atoms with Gasteiger partial charge in [-0.3, -0.25) is 14.5 Å². The first-order valence-corrected chi connectivity index (χ1v) is 8.79. The van der Waals surface area contributed by atoms with Gasteiger partial charge in [0.2, 0.25) is 0 Å². The standard InChI is InChI=1S/C17H33NO6/c1-5-9-15(6-2)24-13-14(19)10-18(11-16(20)22-7-3)12-17(21)23-8-4/h14-15,19H,5-13H2,1-4H3/t14?,15-/m1/s1. The second-order valence-corrected chi connectivity index (χ2v) is 5.59. The van der Waals surface area contributed by atoms with Gasteiger partial charge in [-0.25, -0.2) is 0 Å². The minimum Gasteiger partial charge on any atom is -0.465 e. The molecule has 0 aliphatic rings. The highest BCUT2D eigenvalue weighted by Crippen LogP contribution is 2.07. The van der Waals surface area contributed by atoms with Gasteiger partial charge in [0, 0.05) is 6.54 Å². The average molecular weight is 347 g/mol. The molecule has 24 heavy (non-hydrogen) atoms. The summed E-state index contributed by atoms with van der Waals surface area (Å²) in [6.45, 7) is 8.26. The molecule has 0 aromatic carbocycles. The first-order valence-electron chi connectivity index (χ1n) is 8.79. The molecule has 0 bridgehead atoms. The minimum atomic E-state index is -0.792. The zero-order valence-corrected chi connectivity index (χ0v) is 15.5. The van der Waals surface area contributed by atoms with E-state index in [0.717, 1.165) is 19.3 Å². The van der Waals surface area contributed by atoms with Crippen molar-refractivity contribution in [2.45, 2.75) is 59.2 Å². The molecule has 0 rings (SSSR count). The lowest BCUT2D eigenvalue weighted by Crippen LogP contribution is -2.42. The van der Waals surface area contributed by atoms with Crippen LogP contribution in [-0.2, 0) is 23.8 Å². The van der Waals surface area contributed by atoms with Crippen LogP contribution in [0.25, 0.3) is 0 Å². The number of hydrogen-bond donors (Lipinski definition) is 1. The third-order valence-corrected chi connectivity index (χ3v) is 3.38. The van der Waals surface area contributed by atoms with Gasteiger partial charge in [0.25, 0.3) is 0 Å². The molecule has 0 fully saturated rings. The fraction of sp³-hybridized carbons (Fsp3) is 0.882. The Morgan fingerprint density at radius 3 is 1.96 bits per heavy atom. The number of aliphatic hydroxyl groups excluding tert-OH is 1. The second kappa shape index (κ2) is 14.2. The maximum absolute atomic E-state index is 11.6. The first-order chi connectivity index (χ1) is 11.5. The van der Waals surface area contributed by atoms with Crippen molar-refractivity contribution in [3.63, 3.8) is 0 Å². The van der Waals surface area contributed by atoms with Gasteiger partial charge in [0.05, 0.1) is 45.1 Å². The maximum atomic E-state index is 11.6. The molecule has 0 aliphatic heterocycles. The van der Waals surface area contributed by atoms with Crippen LogP contribution in [0, 0.1) is 0 Å². The van der Waals surface area contributed by atoms with E-state index < -0.39 is 18.0 Å². The van der Waals surface area contributed by atoms with E-state index in [4.69, 9.17) is 14.2 Å². The van der Waals surface area contributed by atoms with E-state index in [0.29, 0.717) is 0 Å². The van der Waals surface area contributed by atoms with E-state index in [-0.39, 0.29) is 45.6 Å². The molecule has 0 aromatic heterocycles. The van der Waals surface area contributed by atoms with Crippen molar-refractivity contribution < 1.29 is 28.9 Å². The molecule has 0 spiro atoms. The van der Waals surface area contributed by atoms with Crippen LogP contribution in [0.5, 0.6) is 0 Å². The third kappa shape index (κ3) is 11.4. The lowest BCUT2D eigenvalue weighted by molar-refractivity contribution is -0.149. The Morgan fingerprint density at radius 2 is 1.54 bits per heavy atom. The molecule has 0 saturated heterocycles. The molecule has 0 saturated carbocycles. The van der Waals surface area contributed by atoms with E-state index in [2.05, 4.69) is 6.92 Å². The summed E-state index contributed by atoms with van der Waals surface area (Å²) in [5, 5.41) is 10.1. The van der Waals surface area contributed by atoms with Gasteiger partial charge in [-0.15, -0.1) is 0 Å². The third-order valence-electron chi connectivity index (χ3n) is 3.38. The normalized spacial score (nSPS) is 13.6. The maximum Gasteiger partial charge on any atom is 0.320 e. The average Bonchev–Trinajstić information content (AvgIpc) is 2.51. The molecule has 7 heteroatoms. The van der Waals surface area contributed by atoms with E-state index in [1.54, 1.807) is 13.8 Å². The Labute approximate surface area is 145 Å². The summed E-state index contributed by atoms with van der Waals surface area (Å²) in [6.07, 6.45) is 2.17.